The zero-order chi connectivity index (χ0) is 19.6. The monoisotopic (exact) mass is 396 g/mol. The van der Waals surface area contributed by atoms with E-state index in [4.69, 9.17) is 0 Å². The van der Waals surface area contributed by atoms with Crippen LogP contribution in [0.25, 0.3) is 16.0 Å². The van der Waals surface area contributed by atoms with Gasteiger partial charge in [-0.15, -0.1) is 11.3 Å². The number of carbonyl (C=O) groups is 1. The Balaban J connectivity index is 1.76. The van der Waals surface area contributed by atoms with Gasteiger partial charge in [0, 0.05) is 29.0 Å². The molecule has 3 N–H and O–H groups in total. The van der Waals surface area contributed by atoms with Crippen molar-refractivity contribution in [3.05, 3.63) is 61.9 Å². The van der Waals surface area contributed by atoms with E-state index in [2.05, 4.69) is 11.4 Å². The molecule has 6 nitrogen and oxygen atoms in total. The van der Waals surface area contributed by atoms with Crippen LogP contribution in [0.15, 0.2) is 29.2 Å². The van der Waals surface area contributed by atoms with Crippen LogP contribution in [-0.2, 0) is 6.54 Å². The predicted octanol–water partition coefficient (Wildman–Crippen LogP) is 3.05. The van der Waals surface area contributed by atoms with E-state index in [9.17, 15) is 19.8 Å². The number of thiophene rings is 1. The first-order valence-electron chi connectivity index (χ1n) is 9.39. The van der Waals surface area contributed by atoms with E-state index in [0.29, 0.717) is 12.5 Å². The average molecular weight is 396 g/mol. The van der Waals surface area contributed by atoms with E-state index < -0.39 is 17.6 Å². The van der Waals surface area contributed by atoms with E-state index in [1.165, 1.54) is 4.40 Å². The highest BCUT2D eigenvalue weighted by Crippen LogP contribution is 2.44. The summed E-state index contributed by atoms with van der Waals surface area (Å²) in [6.07, 6.45) is 3.22. The number of aromatic carboxylic acids is 1. The summed E-state index contributed by atoms with van der Waals surface area (Å²) in [5.41, 5.74) is 4.20. The lowest BCUT2D eigenvalue weighted by Gasteiger charge is -2.17. The van der Waals surface area contributed by atoms with Gasteiger partial charge < -0.3 is 15.5 Å². The van der Waals surface area contributed by atoms with Crippen LogP contribution in [0.3, 0.4) is 0 Å². The summed E-state index contributed by atoms with van der Waals surface area (Å²) in [5, 5.41) is 22.9. The van der Waals surface area contributed by atoms with Gasteiger partial charge in [0.05, 0.1) is 5.52 Å². The molecule has 3 aromatic rings. The minimum atomic E-state index is -1.18. The number of nitrogens with zero attached hydrogens (tertiary/aromatic N) is 1. The van der Waals surface area contributed by atoms with Gasteiger partial charge in [-0.25, -0.2) is 4.79 Å². The largest absolute Gasteiger partial charge is 0.477 e. The molecule has 1 aliphatic carbocycles. The maximum absolute atomic E-state index is 12.7. The third kappa shape index (κ3) is 2.62. The minimum Gasteiger partial charge on any atom is -0.477 e. The van der Waals surface area contributed by atoms with Crippen molar-refractivity contribution in [1.82, 2.24) is 9.72 Å². The fourth-order valence-electron chi connectivity index (χ4n) is 4.15. The zero-order valence-corrected chi connectivity index (χ0v) is 16.2. The Morgan fingerprint density at radius 2 is 2.11 bits per heavy atom. The van der Waals surface area contributed by atoms with E-state index >= 15 is 0 Å². The molecule has 0 amide bonds. The van der Waals surface area contributed by atoms with Crippen LogP contribution in [0, 0.1) is 6.92 Å². The van der Waals surface area contributed by atoms with Crippen molar-refractivity contribution in [3.63, 3.8) is 0 Å². The van der Waals surface area contributed by atoms with Gasteiger partial charge in [0.15, 0.2) is 0 Å². The zero-order valence-electron chi connectivity index (χ0n) is 15.4. The van der Waals surface area contributed by atoms with Gasteiger partial charge in [0.25, 0.3) is 5.56 Å². The number of hydrogen-bond acceptors (Lipinski definition) is 5. The van der Waals surface area contributed by atoms with E-state index in [-0.39, 0.29) is 5.56 Å². The average Bonchev–Trinajstić information content (AvgIpc) is 3.41. The molecule has 0 radical (unpaired) electrons. The molecular weight excluding hydrogens is 376 g/mol. The summed E-state index contributed by atoms with van der Waals surface area (Å²) in [6.45, 7) is 3.29. The Morgan fingerprint density at radius 3 is 2.79 bits per heavy atom. The van der Waals surface area contributed by atoms with Gasteiger partial charge in [0.2, 0.25) is 0 Å². The molecule has 2 aliphatic rings. The number of pyridine rings is 2. The predicted molar refractivity (Wildman–Crippen MR) is 107 cm³/mol. The van der Waals surface area contributed by atoms with Crippen molar-refractivity contribution >= 4 is 22.8 Å². The number of fused-ring (bicyclic) bond motifs is 2. The highest BCUT2D eigenvalue weighted by atomic mass is 32.1. The normalized spacial score (nSPS) is 19.0. The van der Waals surface area contributed by atoms with Crippen molar-refractivity contribution in [2.75, 3.05) is 6.54 Å². The Kier molecular flexibility index (Phi) is 3.94. The fraction of sp³-hybridized carbons (Fsp3) is 0.333. The first kappa shape index (κ1) is 17.6. The molecule has 0 aromatic carbocycles. The number of β-amino-alcohol motifs (C(OH)–C–C–N with tert-alkyl or cyclic N) is 1. The number of hydrogen-bond donors (Lipinski definition) is 3. The third-order valence-corrected chi connectivity index (χ3v) is 7.04. The Hall–Kier alpha value is -2.48. The van der Waals surface area contributed by atoms with Crippen molar-refractivity contribution in [3.8, 4) is 10.4 Å². The molecule has 0 spiro atoms. The quantitative estimate of drug-likeness (QED) is 0.633. The van der Waals surface area contributed by atoms with Gasteiger partial charge in [-0.3, -0.25) is 9.20 Å². The van der Waals surface area contributed by atoms with Gasteiger partial charge in [-0.2, -0.15) is 0 Å². The summed E-state index contributed by atoms with van der Waals surface area (Å²) in [7, 11) is 0. The molecule has 1 fully saturated rings. The van der Waals surface area contributed by atoms with Crippen LogP contribution in [0.4, 0.5) is 0 Å². The number of aromatic nitrogens is 1. The Bertz CT molecular complexity index is 1190. The molecule has 1 saturated carbocycles. The lowest BCUT2D eigenvalue weighted by Crippen LogP contribution is -2.26. The smallest absolute Gasteiger partial charge is 0.341 e. The summed E-state index contributed by atoms with van der Waals surface area (Å²) >= 11 is 1.59. The van der Waals surface area contributed by atoms with Gasteiger partial charge in [0.1, 0.15) is 11.7 Å². The minimum absolute atomic E-state index is 0.174. The molecule has 7 heteroatoms. The maximum Gasteiger partial charge on any atom is 0.341 e. The van der Waals surface area contributed by atoms with Crippen molar-refractivity contribution in [2.24, 2.45) is 0 Å². The van der Waals surface area contributed by atoms with Crippen LogP contribution in [0.2, 0.25) is 0 Å². The number of carboxylic acid groups (broad SMARTS) is 1. The molecule has 4 heterocycles. The van der Waals surface area contributed by atoms with Crippen LogP contribution >= 0.6 is 11.3 Å². The van der Waals surface area contributed by atoms with Crippen molar-refractivity contribution in [2.45, 2.75) is 38.3 Å². The summed E-state index contributed by atoms with van der Waals surface area (Å²) in [4.78, 5) is 26.3. The molecule has 5 rings (SSSR count). The third-order valence-electron chi connectivity index (χ3n) is 5.72. The second-order valence-electron chi connectivity index (χ2n) is 7.62. The Labute approximate surface area is 165 Å². The van der Waals surface area contributed by atoms with Crippen LogP contribution in [0.5, 0.6) is 0 Å². The first-order valence-corrected chi connectivity index (χ1v) is 10.2. The second-order valence-corrected chi connectivity index (χ2v) is 8.70. The molecular formula is C21H20N2O4S. The number of aryl methyl sites for hydroxylation is 1. The number of aliphatic hydroxyl groups is 1. The maximum atomic E-state index is 12.7. The van der Waals surface area contributed by atoms with Crippen LogP contribution < -0.4 is 10.9 Å². The molecule has 1 unspecified atom stereocenters. The van der Waals surface area contributed by atoms with Crippen molar-refractivity contribution < 1.29 is 15.0 Å². The van der Waals surface area contributed by atoms with E-state index in [1.54, 1.807) is 23.6 Å². The molecule has 0 bridgehead atoms. The van der Waals surface area contributed by atoms with Crippen molar-refractivity contribution in [1.29, 1.82) is 0 Å². The highest BCUT2D eigenvalue weighted by Gasteiger charge is 2.30. The SMILES string of the molecule is Cc1c(-c2cc3c(s2)C(O)CNC3)ccn2c(=O)c(C(=O)O)cc(C3CC3)c12. The second kappa shape index (κ2) is 6.27. The van der Waals surface area contributed by atoms with E-state index in [1.807, 2.05) is 13.0 Å². The van der Waals surface area contributed by atoms with Gasteiger partial charge in [-0.1, -0.05) is 0 Å². The molecule has 0 saturated heterocycles. The molecule has 3 aromatic heterocycles. The highest BCUT2D eigenvalue weighted by molar-refractivity contribution is 7.15. The number of rotatable bonds is 3. The topological polar surface area (TPSA) is 91.0 Å². The van der Waals surface area contributed by atoms with E-state index in [0.717, 1.165) is 56.9 Å². The number of nitrogens with one attached hydrogen (secondary N) is 1. The number of aliphatic hydroxyl groups excluding tert-OH is 1. The number of carboxylic acids is 1. The summed E-state index contributed by atoms with van der Waals surface area (Å²) < 4.78 is 1.49. The van der Waals surface area contributed by atoms with Gasteiger partial charge >= 0.3 is 5.97 Å². The standard InChI is InChI=1S/C21H20N2O4S/c1-10-13(17-6-12-8-22-9-16(24)19(12)28-17)4-5-23-18(10)14(11-2-3-11)7-15(20(23)25)21(26)27/h4-7,11,16,22,24H,2-3,8-9H2,1H3,(H,26,27). The fourth-order valence-corrected chi connectivity index (χ4v) is 5.41. The lowest BCUT2D eigenvalue weighted by atomic mass is 9.99. The summed E-state index contributed by atoms with van der Waals surface area (Å²) in [5.74, 6) is -0.874. The first-order chi connectivity index (χ1) is 13.5. The Morgan fingerprint density at radius 1 is 1.32 bits per heavy atom. The van der Waals surface area contributed by atoms with Crippen LogP contribution in [0.1, 0.15) is 56.8 Å². The molecule has 144 valence electrons. The molecule has 28 heavy (non-hydrogen) atoms. The van der Waals surface area contributed by atoms with Crippen LogP contribution in [-0.4, -0.2) is 27.1 Å². The molecule has 1 atom stereocenters. The molecule has 1 aliphatic heterocycles. The summed E-state index contributed by atoms with van der Waals surface area (Å²) in [6, 6.07) is 5.55. The lowest BCUT2D eigenvalue weighted by molar-refractivity contribution is 0.0694. The van der Waals surface area contributed by atoms with Gasteiger partial charge in [-0.05, 0) is 66.1 Å².